The van der Waals surface area contributed by atoms with Crippen LogP contribution in [0.3, 0.4) is 0 Å². The van der Waals surface area contributed by atoms with Gasteiger partial charge in [-0.15, -0.1) is 0 Å². The number of aromatic nitrogens is 2. The van der Waals surface area contributed by atoms with Gasteiger partial charge in [0.1, 0.15) is 19.4 Å². The zero-order chi connectivity index (χ0) is 28.0. The van der Waals surface area contributed by atoms with Crippen molar-refractivity contribution in [3.8, 4) is 0 Å². The first-order chi connectivity index (χ1) is 18.2. The molecule has 1 aliphatic rings. The summed E-state index contributed by atoms with van der Waals surface area (Å²) in [7, 11) is -1.66. The summed E-state index contributed by atoms with van der Waals surface area (Å²) < 4.78 is 63.4. The summed E-state index contributed by atoms with van der Waals surface area (Å²) in [6.07, 6.45) is -1.99. The minimum absolute atomic E-state index is 0.0875. The zero-order valence-electron chi connectivity index (χ0n) is 21.1. The van der Waals surface area contributed by atoms with E-state index in [1.165, 1.54) is 31.0 Å². The third-order valence-electron chi connectivity index (χ3n) is 4.79. The molecule has 0 aromatic carbocycles. The van der Waals surface area contributed by atoms with E-state index in [4.69, 9.17) is 27.8 Å². The van der Waals surface area contributed by atoms with Crippen molar-refractivity contribution in [2.24, 2.45) is 5.92 Å². The van der Waals surface area contributed by atoms with Crippen molar-refractivity contribution in [2.75, 3.05) is 60.8 Å². The number of aromatic amines is 1. The van der Waals surface area contributed by atoms with Crippen LogP contribution in [0.5, 0.6) is 0 Å². The van der Waals surface area contributed by atoms with Crippen LogP contribution >= 0.6 is 7.82 Å². The molecule has 18 heteroatoms. The molecular formula is C20H31N2O15P. The second-order valence-corrected chi connectivity index (χ2v) is 9.26. The van der Waals surface area contributed by atoms with Gasteiger partial charge in [-0.05, 0) is 6.42 Å². The second-order valence-electron chi connectivity index (χ2n) is 7.59. The second kappa shape index (κ2) is 16.2. The summed E-state index contributed by atoms with van der Waals surface area (Å²) >= 11 is 0. The molecule has 38 heavy (non-hydrogen) atoms. The molecule has 1 N–H and O–H groups in total. The highest BCUT2D eigenvalue weighted by Crippen LogP contribution is 2.50. The van der Waals surface area contributed by atoms with Gasteiger partial charge in [-0.2, -0.15) is 0 Å². The van der Waals surface area contributed by atoms with Crippen molar-refractivity contribution < 1.29 is 60.9 Å². The summed E-state index contributed by atoms with van der Waals surface area (Å²) in [5, 5.41) is 0. The average Bonchev–Trinajstić information content (AvgIpc) is 3.23. The van der Waals surface area contributed by atoms with Crippen molar-refractivity contribution in [3.05, 3.63) is 33.1 Å². The SMILES string of the molecule is COCCOC(=O)OCOP(=O)(OCOC(=O)OCCOC)OCC1CC(C)C(n2ccc(=O)[nH]c2=O)O1. The molecule has 2 rings (SSSR count). The van der Waals surface area contributed by atoms with Crippen molar-refractivity contribution >= 4 is 20.1 Å². The predicted molar refractivity (Wildman–Crippen MR) is 123 cm³/mol. The van der Waals surface area contributed by atoms with E-state index >= 15 is 0 Å². The first kappa shape index (κ1) is 31.4. The number of hydrogen-bond acceptors (Lipinski definition) is 15. The van der Waals surface area contributed by atoms with Crippen molar-refractivity contribution in [2.45, 2.75) is 25.7 Å². The maximum absolute atomic E-state index is 13.1. The minimum Gasteiger partial charge on any atom is -0.432 e. The average molecular weight is 570 g/mol. The van der Waals surface area contributed by atoms with Crippen LogP contribution in [0.2, 0.25) is 0 Å². The molecule has 3 unspecified atom stereocenters. The number of carbonyl (C=O) groups is 2. The first-order valence-electron chi connectivity index (χ1n) is 11.2. The van der Waals surface area contributed by atoms with Crippen LogP contribution < -0.4 is 11.2 Å². The van der Waals surface area contributed by atoms with Gasteiger partial charge in [0.2, 0.25) is 13.6 Å². The molecule has 0 bridgehead atoms. The van der Waals surface area contributed by atoms with Crippen LogP contribution in [0.15, 0.2) is 21.9 Å². The standard InChI is InChI=1S/C20H31N2O15P/c1-14-10-15(37-17(14)22-5-4-16(23)21-18(22)24)11-34-38(27,35-12-32-19(25)30-8-6-28-2)36-13-33-20(26)31-9-7-29-3/h4-5,14-15,17H,6-13H2,1-3H3,(H,21,23,24). The number of carbonyl (C=O) groups excluding carboxylic acids is 2. The largest absolute Gasteiger partial charge is 0.510 e. The van der Waals surface area contributed by atoms with Crippen molar-refractivity contribution in [1.29, 1.82) is 0 Å². The number of nitrogens with one attached hydrogen (secondary N) is 1. The lowest BCUT2D eigenvalue weighted by Crippen LogP contribution is -2.33. The lowest BCUT2D eigenvalue weighted by atomic mass is 10.1. The Balaban J connectivity index is 1.93. The molecule has 0 saturated carbocycles. The number of H-pyrrole nitrogens is 1. The normalized spacial score (nSPS) is 19.2. The summed E-state index contributed by atoms with van der Waals surface area (Å²) in [4.78, 5) is 48.6. The molecule has 17 nitrogen and oxygen atoms in total. The molecule has 1 aromatic rings. The maximum atomic E-state index is 13.1. The molecule has 1 fully saturated rings. The Kier molecular flexibility index (Phi) is 13.4. The fourth-order valence-electron chi connectivity index (χ4n) is 3.06. The van der Waals surface area contributed by atoms with E-state index in [9.17, 15) is 23.7 Å². The Morgan fingerprint density at radius 3 is 2.08 bits per heavy atom. The monoisotopic (exact) mass is 570 g/mol. The zero-order valence-corrected chi connectivity index (χ0v) is 22.0. The molecule has 0 spiro atoms. The molecule has 1 saturated heterocycles. The minimum atomic E-state index is -4.49. The lowest BCUT2D eigenvalue weighted by Gasteiger charge is -2.20. The fourth-order valence-corrected chi connectivity index (χ4v) is 3.99. The van der Waals surface area contributed by atoms with Crippen molar-refractivity contribution in [1.82, 2.24) is 9.55 Å². The molecule has 1 aliphatic heterocycles. The summed E-state index contributed by atoms with van der Waals surface area (Å²) in [6.45, 7) is -0.231. The quantitative estimate of drug-likeness (QED) is 0.128. The van der Waals surface area contributed by atoms with E-state index in [-0.39, 0.29) is 39.0 Å². The van der Waals surface area contributed by atoms with Gasteiger partial charge < -0.3 is 33.2 Å². The Morgan fingerprint density at radius 1 is 0.974 bits per heavy atom. The number of methoxy groups -OCH3 is 2. The fraction of sp³-hybridized carbons (Fsp3) is 0.700. The van der Waals surface area contributed by atoms with Gasteiger partial charge in [0.25, 0.3) is 5.56 Å². The van der Waals surface area contributed by atoms with E-state index < -0.39 is 57.3 Å². The highest BCUT2D eigenvalue weighted by Gasteiger charge is 2.37. The molecule has 2 heterocycles. The Labute approximate surface area is 216 Å². The number of phosphoric ester groups is 1. The number of hydrogen-bond donors (Lipinski definition) is 1. The molecular weight excluding hydrogens is 539 g/mol. The smallest absolute Gasteiger partial charge is 0.432 e. The van der Waals surface area contributed by atoms with Crippen LogP contribution in [0.4, 0.5) is 9.59 Å². The lowest BCUT2D eigenvalue weighted by molar-refractivity contribution is -0.0591. The van der Waals surface area contributed by atoms with E-state index in [2.05, 4.69) is 23.9 Å². The molecule has 0 amide bonds. The molecule has 3 atom stereocenters. The summed E-state index contributed by atoms with van der Waals surface area (Å²) in [6, 6.07) is 1.18. The molecule has 1 aromatic heterocycles. The van der Waals surface area contributed by atoms with Crippen LogP contribution in [-0.2, 0) is 51.3 Å². The van der Waals surface area contributed by atoms with Gasteiger partial charge >= 0.3 is 25.8 Å². The van der Waals surface area contributed by atoms with Crippen LogP contribution in [0, 0.1) is 5.92 Å². The molecule has 216 valence electrons. The first-order valence-corrected chi connectivity index (χ1v) is 12.7. The van der Waals surface area contributed by atoms with E-state index in [0.717, 1.165) is 0 Å². The summed E-state index contributed by atoms with van der Waals surface area (Å²) in [5.41, 5.74) is -1.21. The van der Waals surface area contributed by atoms with Crippen molar-refractivity contribution in [3.63, 3.8) is 0 Å². The van der Waals surface area contributed by atoms with Gasteiger partial charge in [-0.3, -0.25) is 18.9 Å². The molecule has 0 aliphatic carbocycles. The highest BCUT2D eigenvalue weighted by atomic mass is 31.2. The summed E-state index contributed by atoms with van der Waals surface area (Å²) in [5.74, 6) is -0.191. The number of nitrogens with zero attached hydrogens (tertiary/aromatic N) is 1. The van der Waals surface area contributed by atoms with Gasteiger partial charge in [0.15, 0.2) is 0 Å². The van der Waals surface area contributed by atoms with E-state index in [1.807, 2.05) is 0 Å². The third kappa shape index (κ3) is 10.9. The molecule has 0 radical (unpaired) electrons. The van der Waals surface area contributed by atoms with Gasteiger partial charge in [0.05, 0.1) is 25.9 Å². The number of rotatable bonds is 16. The van der Waals surface area contributed by atoms with E-state index in [1.54, 1.807) is 6.92 Å². The van der Waals surface area contributed by atoms with E-state index in [0.29, 0.717) is 6.42 Å². The predicted octanol–water partition coefficient (Wildman–Crippen LogP) is 1.13. The highest BCUT2D eigenvalue weighted by molar-refractivity contribution is 7.48. The topological polar surface area (TPSA) is 198 Å². The van der Waals surface area contributed by atoms with Crippen LogP contribution in [0.1, 0.15) is 19.6 Å². The Hall–Kier alpha value is -2.79. The van der Waals surface area contributed by atoms with Gasteiger partial charge in [0, 0.05) is 32.4 Å². The van der Waals surface area contributed by atoms with Crippen LogP contribution in [0.25, 0.3) is 0 Å². The Morgan fingerprint density at radius 2 is 1.55 bits per heavy atom. The number of ether oxygens (including phenoxy) is 7. The third-order valence-corrected chi connectivity index (χ3v) is 6.10. The van der Waals surface area contributed by atoms with Crippen LogP contribution in [-0.4, -0.2) is 88.8 Å². The van der Waals surface area contributed by atoms with Gasteiger partial charge in [-0.1, -0.05) is 6.92 Å². The number of phosphoric acid groups is 1. The maximum Gasteiger partial charge on any atom is 0.510 e. The Bertz CT molecular complexity index is 1010. The van der Waals surface area contributed by atoms with Gasteiger partial charge in [-0.25, -0.2) is 28.0 Å².